The third-order valence-electron chi connectivity index (χ3n) is 4.41. The topological polar surface area (TPSA) is 67.6 Å². The minimum absolute atomic E-state index is 0.0832. The maximum Gasteiger partial charge on any atom is 0.298 e. The lowest BCUT2D eigenvalue weighted by molar-refractivity contribution is -0.120. The van der Waals surface area contributed by atoms with Crippen LogP contribution in [-0.4, -0.2) is 43.4 Å². The SMILES string of the molecule is CN(CCOc1ccc(C2SCCNC2=O)cc1)c1nc2ccccc2o1. The number of carbonyl (C=O) groups excluding carboxylic acids is 1. The van der Waals surface area contributed by atoms with Crippen LogP contribution in [-0.2, 0) is 4.79 Å². The van der Waals surface area contributed by atoms with Gasteiger partial charge in [-0.15, -0.1) is 11.8 Å². The predicted octanol–water partition coefficient (Wildman–Crippen LogP) is 3.25. The second-order valence-electron chi connectivity index (χ2n) is 6.35. The van der Waals surface area contributed by atoms with Crippen molar-refractivity contribution < 1.29 is 13.9 Å². The van der Waals surface area contributed by atoms with Crippen molar-refractivity contribution in [1.82, 2.24) is 10.3 Å². The van der Waals surface area contributed by atoms with Crippen molar-refractivity contribution in [2.45, 2.75) is 5.25 Å². The monoisotopic (exact) mass is 383 g/mol. The molecule has 1 amide bonds. The Labute approximate surface area is 161 Å². The molecule has 4 rings (SSSR count). The van der Waals surface area contributed by atoms with Gasteiger partial charge in [-0.1, -0.05) is 24.3 Å². The van der Waals surface area contributed by atoms with E-state index in [0.717, 1.165) is 34.7 Å². The van der Waals surface area contributed by atoms with E-state index in [1.54, 1.807) is 11.8 Å². The molecule has 1 aromatic heterocycles. The van der Waals surface area contributed by atoms with Crippen LogP contribution < -0.4 is 15.0 Å². The number of carbonyl (C=O) groups is 1. The lowest BCUT2D eigenvalue weighted by Crippen LogP contribution is -2.34. The van der Waals surface area contributed by atoms with E-state index in [4.69, 9.17) is 9.15 Å². The highest BCUT2D eigenvalue weighted by Gasteiger charge is 2.24. The molecule has 2 heterocycles. The van der Waals surface area contributed by atoms with Crippen molar-refractivity contribution in [2.24, 2.45) is 0 Å². The average Bonchev–Trinajstić information content (AvgIpc) is 3.13. The number of fused-ring (bicyclic) bond motifs is 1. The summed E-state index contributed by atoms with van der Waals surface area (Å²) in [5.41, 5.74) is 2.63. The smallest absolute Gasteiger partial charge is 0.298 e. The van der Waals surface area contributed by atoms with Crippen molar-refractivity contribution >= 4 is 34.8 Å². The molecule has 1 aliphatic heterocycles. The largest absolute Gasteiger partial charge is 0.492 e. The summed E-state index contributed by atoms with van der Waals surface area (Å²) in [4.78, 5) is 18.3. The van der Waals surface area contributed by atoms with Gasteiger partial charge in [-0.2, -0.15) is 4.98 Å². The van der Waals surface area contributed by atoms with Gasteiger partial charge < -0.3 is 19.4 Å². The number of oxazole rings is 1. The summed E-state index contributed by atoms with van der Waals surface area (Å²) in [7, 11) is 1.93. The number of aromatic nitrogens is 1. The van der Waals surface area contributed by atoms with Gasteiger partial charge in [0.25, 0.3) is 6.01 Å². The zero-order chi connectivity index (χ0) is 18.6. The zero-order valence-electron chi connectivity index (χ0n) is 15.1. The molecule has 1 N–H and O–H groups in total. The molecule has 1 unspecified atom stereocenters. The van der Waals surface area contributed by atoms with E-state index in [1.807, 2.05) is 60.5 Å². The number of rotatable bonds is 6. The number of nitrogens with zero attached hydrogens (tertiary/aromatic N) is 2. The Morgan fingerprint density at radius 3 is 2.85 bits per heavy atom. The molecule has 2 aromatic carbocycles. The molecule has 0 radical (unpaired) electrons. The van der Waals surface area contributed by atoms with E-state index in [1.165, 1.54) is 0 Å². The second kappa shape index (κ2) is 7.92. The summed E-state index contributed by atoms with van der Waals surface area (Å²) in [5.74, 6) is 1.81. The zero-order valence-corrected chi connectivity index (χ0v) is 15.9. The fraction of sp³-hybridized carbons (Fsp3) is 0.300. The summed E-state index contributed by atoms with van der Waals surface area (Å²) >= 11 is 1.67. The molecule has 1 fully saturated rings. The number of amides is 1. The van der Waals surface area contributed by atoms with Crippen LogP contribution in [0.1, 0.15) is 10.8 Å². The lowest BCUT2D eigenvalue weighted by Gasteiger charge is -2.22. The minimum Gasteiger partial charge on any atom is -0.492 e. The van der Waals surface area contributed by atoms with Gasteiger partial charge in [-0.25, -0.2) is 0 Å². The summed E-state index contributed by atoms with van der Waals surface area (Å²) in [6, 6.07) is 16.0. The summed E-state index contributed by atoms with van der Waals surface area (Å²) in [6.45, 7) is 1.90. The Kier molecular flexibility index (Phi) is 5.20. The maximum atomic E-state index is 11.9. The summed E-state index contributed by atoms with van der Waals surface area (Å²) < 4.78 is 11.6. The van der Waals surface area contributed by atoms with Crippen LogP contribution in [0.3, 0.4) is 0 Å². The van der Waals surface area contributed by atoms with E-state index in [0.29, 0.717) is 19.2 Å². The van der Waals surface area contributed by atoms with Crippen LogP contribution in [0.25, 0.3) is 11.1 Å². The second-order valence-corrected chi connectivity index (χ2v) is 7.56. The molecular formula is C20H21N3O3S. The molecule has 0 spiro atoms. The van der Waals surface area contributed by atoms with E-state index >= 15 is 0 Å². The van der Waals surface area contributed by atoms with Crippen molar-refractivity contribution in [3.05, 3.63) is 54.1 Å². The van der Waals surface area contributed by atoms with Crippen LogP contribution in [0.15, 0.2) is 52.9 Å². The van der Waals surface area contributed by atoms with E-state index in [9.17, 15) is 4.79 Å². The van der Waals surface area contributed by atoms with Crippen LogP contribution in [0.4, 0.5) is 6.01 Å². The Balaban J connectivity index is 1.31. The number of nitrogens with one attached hydrogen (secondary N) is 1. The normalized spacial score (nSPS) is 16.9. The Hall–Kier alpha value is -2.67. The number of likely N-dealkylation sites (N-methyl/N-ethyl adjacent to an activating group) is 1. The maximum absolute atomic E-state index is 11.9. The highest BCUT2D eigenvalue weighted by atomic mass is 32.2. The van der Waals surface area contributed by atoms with Crippen LogP contribution in [0.2, 0.25) is 0 Å². The molecule has 0 saturated carbocycles. The highest BCUT2D eigenvalue weighted by molar-refractivity contribution is 8.00. The molecule has 1 aliphatic rings. The standard InChI is InChI=1S/C20H21N3O3S/c1-23(20-22-16-4-2-3-5-17(16)26-20)11-12-25-15-8-6-14(7-9-15)18-19(24)21-10-13-27-18/h2-9,18H,10-13H2,1H3,(H,21,24). The molecule has 0 aliphatic carbocycles. The van der Waals surface area contributed by atoms with Crippen LogP contribution >= 0.6 is 11.8 Å². The molecular weight excluding hydrogens is 362 g/mol. The summed E-state index contributed by atoms with van der Waals surface area (Å²) in [6.07, 6.45) is 0. The molecule has 27 heavy (non-hydrogen) atoms. The van der Waals surface area contributed by atoms with E-state index in [-0.39, 0.29) is 11.2 Å². The molecule has 6 nitrogen and oxygen atoms in total. The number of anilines is 1. The summed E-state index contributed by atoms with van der Waals surface area (Å²) in [5, 5.41) is 2.78. The van der Waals surface area contributed by atoms with Crippen molar-refractivity contribution in [1.29, 1.82) is 0 Å². The van der Waals surface area contributed by atoms with Crippen molar-refractivity contribution in [2.75, 3.05) is 37.4 Å². The number of para-hydroxylation sites is 2. The van der Waals surface area contributed by atoms with Gasteiger partial charge in [-0.3, -0.25) is 4.79 Å². The minimum atomic E-state index is -0.127. The van der Waals surface area contributed by atoms with Gasteiger partial charge in [0, 0.05) is 19.3 Å². The third-order valence-corrected chi connectivity index (χ3v) is 5.67. The first-order chi connectivity index (χ1) is 13.2. The first-order valence-corrected chi connectivity index (χ1v) is 9.94. The Morgan fingerprint density at radius 2 is 2.07 bits per heavy atom. The first-order valence-electron chi connectivity index (χ1n) is 8.89. The van der Waals surface area contributed by atoms with Gasteiger partial charge in [0.15, 0.2) is 5.58 Å². The number of ether oxygens (including phenoxy) is 1. The molecule has 7 heteroatoms. The molecule has 1 atom stereocenters. The van der Waals surface area contributed by atoms with Crippen molar-refractivity contribution in [3.63, 3.8) is 0 Å². The van der Waals surface area contributed by atoms with Gasteiger partial charge in [0.1, 0.15) is 23.1 Å². The average molecular weight is 383 g/mol. The van der Waals surface area contributed by atoms with Crippen LogP contribution in [0.5, 0.6) is 5.75 Å². The van der Waals surface area contributed by atoms with Gasteiger partial charge >= 0.3 is 0 Å². The van der Waals surface area contributed by atoms with E-state index in [2.05, 4.69) is 10.3 Å². The molecule has 140 valence electrons. The van der Waals surface area contributed by atoms with Gasteiger partial charge in [0.05, 0.1) is 6.54 Å². The number of hydrogen-bond acceptors (Lipinski definition) is 6. The molecule has 3 aromatic rings. The fourth-order valence-electron chi connectivity index (χ4n) is 2.93. The van der Waals surface area contributed by atoms with Gasteiger partial charge in [0.2, 0.25) is 5.91 Å². The lowest BCUT2D eigenvalue weighted by atomic mass is 10.1. The predicted molar refractivity (Wildman–Crippen MR) is 107 cm³/mol. The van der Waals surface area contributed by atoms with Gasteiger partial charge in [-0.05, 0) is 29.8 Å². The quantitative estimate of drug-likeness (QED) is 0.705. The highest BCUT2D eigenvalue weighted by Crippen LogP contribution is 2.32. The van der Waals surface area contributed by atoms with Crippen LogP contribution in [0, 0.1) is 0 Å². The first kappa shape index (κ1) is 17.7. The number of hydrogen-bond donors (Lipinski definition) is 1. The Morgan fingerprint density at radius 1 is 1.26 bits per heavy atom. The Bertz CT molecular complexity index is 893. The fourth-order valence-corrected chi connectivity index (χ4v) is 3.97. The third kappa shape index (κ3) is 4.03. The molecule has 0 bridgehead atoms. The van der Waals surface area contributed by atoms with Crippen molar-refractivity contribution in [3.8, 4) is 5.75 Å². The molecule has 1 saturated heterocycles. The number of benzene rings is 2. The van der Waals surface area contributed by atoms with E-state index < -0.39 is 0 Å². The number of thioether (sulfide) groups is 1.